The Hall–Kier alpha value is -0.0300. The SMILES string of the molecule is C[C@@H]1CN(c2nc(Cl)c(CCl)s2)C[C@H](C)O1. The summed E-state index contributed by atoms with van der Waals surface area (Å²) >= 11 is 13.3. The molecular formula is C10H14Cl2N2OS. The molecule has 0 unspecified atom stereocenters. The number of morpholine rings is 1. The first-order valence-electron chi connectivity index (χ1n) is 5.21. The fourth-order valence-corrected chi connectivity index (χ4v) is 3.36. The number of anilines is 1. The summed E-state index contributed by atoms with van der Waals surface area (Å²) in [5.41, 5.74) is 0. The zero-order valence-corrected chi connectivity index (χ0v) is 11.6. The van der Waals surface area contributed by atoms with Crippen LogP contribution in [0.3, 0.4) is 0 Å². The maximum Gasteiger partial charge on any atom is 0.187 e. The fourth-order valence-electron chi connectivity index (χ4n) is 1.87. The maximum absolute atomic E-state index is 5.99. The first-order valence-corrected chi connectivity index (χ1v) is 6.94. The predicted octanol–water partition coefficient (Wildman–Crippen LogP) is 3.15. The van der Waals surface area contributed by atoms with Crippen LogP contribution < -0.4 is 4.90 Å². The lowest BCUT2D eigenvalue weighted by atomic mass is 10.2. The molecule has 1 aromatic rings. The highest BCUT2D eigenvalue weighted by Gasteiger charge is 2.25. The van der Waals surface area contributed by atoms with Crippen LogP contribution in [0.1, 0.15) is 18.7 Å². The highest BCUT2D eigenvalue weighted by Crippen LogP contribution is 2.32. The molecule has 2 atom stereocenters. The van der Waals surface area contributed by atoms with Gasteiger partial charge in [-0.15, -0.1) is 11.6 Å². The number of nitrogens with zero attached hydrogens (tertiary/aromatic N) is 2. The lowest BCUT2D eigenvalue weighted by Crippen LogP contribution is -2.45. The van der Waals surface area contributed by atoms with Crippen LogP contribution in [0.25, 0.3) is 0 Å². The van der Waals surface area contributed by atoms with Crippen LogP contribution in [0.2, 0.25) is 5.15 Å². The van der Waals surface area contributed by atoms with Crippen LogP contribution in [-0.4, -0.2) is 30.3 Å². The third-order valence-electron chi connectivity index (χ3n) is 2.45. The molecule has 1 saturated heterocycles. The number of thiazole rings is 1. The number of hydrogen-bond donors (Lipinski definition) is 0. The van der Waals surface area contributed by atoms with Crippen molar-refractivity contribution in [2.45, 2.75) is 31.9 Å². The molecule has 0 saturated carbocycles. The topological polar surface area (TPSA) is 25.4 Å². The smallest absolute Gasteiger partial charge is 0.187 e. The average molecular weight is 281 g/mol. The molecular weight excluding hydrogens is 267 g/mol. The van der Waals surface area contributed by atoms with Crippen molar-refractivity contribution in [3.8, 4) is 0 Å². The van der Waals surface area contributed by atoms with Crippen LogP contribution in [0, 0.1) is 0 Å². The van der Waals surface area contributed by atoms with E-state index >= 15 is 0 Å². The van der Waals surface area contributed by atoms with Crippen molar-refractivity contribution in [1.82, 2.24) is 4.98 Å². The van der Waals surface area contributed by atoms with Crippen molar-refractivity contribution in [2.24, 2.45) is 0 Å². The van der Waals surface area contributed by atoms with Gasteiger partial charge in [-0.25, -0.2) is 4.98 Å². The number of aromatic nitrogens is 1. The van der Waals surface area contributed by atoms with E-state index in [-0.39, 0.29) is 12.2 Å². The molecule has 0 radical (unpaired) electrons. The van der Waals surface area contributed by atoms with E-state index in [1.165, 1.54) is 0 Å². The Morgan fingerprint density at radius 3 is 2.56 bits per heavy atom. The number of ether oxygens (including phenoxy) is 1. The van der Waals surface area contributed by atoms with Crippen molar-refractivity contribution in [3.05, 3.63) is 10.0 Å². The van der Waals surface area contributed by atoms with Crippen LogP contribution in [0.5, 0.6) is 0 Å². The van der Waals surface area contributed by atoms with Gasteiger partial charge in [0.1, 0.15) is 5.15 Å². The van der Waals surface area contributed by atoms with E-state index in [0.29, 0.717) is 11.0 Å². The van der Waals surface area contributed by atoms with E-state index in [1.807, 2.05) is 0 Å². The molecule has 1 aliphatic heterocycles. The lowest BCUT2D eigenvalue weighted by Gasteiger charge is -2.35. The average Bonchev–Trinajstić information content (AvgIpc) is 2.58. The van der Waals surface area contributed by atoms with Gasteiger partial charge in [0.25, 0.3) is 0 Å². The summed E-state index contributed by atoms with van der Waals surface area (Å²) in [5, 5.41) is 1.48. The summed E-state index contributed by atoms with van der Waals surface area (Å²) in [7, 11) is 0. The van der Waals surface area contributed by atoms with E-state index in [4.69, 9.17) is 27.9 Å². The molecule has 90 valence electrons. The summed E-state index contributed by atoms with van der Waals surface area (Å²) < 4.78 is 5.68. The molecule has 0 amide bonds. The van der Waals surface area contributed by atoms with E-state index in [1.54, 1.807) is 11.3 Å². The Bertz CT molecular complexity index is 362. The molecule has 3 nitrogen and oxygen atoms in total. The number of halogens is 2. The van der Waals surface area contributed by atoms with Gasteiger partial charge in [0.05, 0.1) is 23.0 Å². The molecule has 16 heavy (non-hydrogen) atoms. The zero-order chi connectivity index (χ0) is 11.7. The van der Waals surface area contributed by atoms with Crippen molar-refractivity contribution < 1.29 is 4.74 Å². The van der Waals surface area contributed by atoms with Crippen molar-refractivity contribution in [1.29, 1.82) is 0 Å². The first kappa shape index (κ1) is 12.4. The van der Waals surface area contributed by atoms with Gasteiger partial charge in [-0.1, -0.05) is 22.9 Å². The monoisotopic (exact) mass is 280 g/mol. The Morgan fingerprint density at radius 2 is 2.06 bits per heavy atom. The molecule has 2 rings (SSSR count). The fraction of sp³-hybridized carbons (Fsp3) is 0.700. The van der Waals surface area contributed by atoms with Gasteiger partial charge in [0.15, 0.2) is 5.13 Å². The van der Waals surface area contributed by atoms with Crippen molar-refractivity contribution in [3.63, 3.8) is 0 Å². The second-order valence-electron chi connectivity index (χ2n) is 4.01. The minimum absolute atomic E-state index is 0.228. The lowest BCUT2D eigenvalue weighted by molar-refractivity contribution is -0.00522. The summed E-state index contributed by atoms with van der Waals surface area (Å²) in [4.78, 5) is 7.49. The summed E-state index contributed by atoms with van der Waals surface area (Å²) in [5.74, 6) is 0.423. The molecule has 0 aliphatic carbocycles. The summed E-state index contributed by atoms with van der Waals surface area (Å²) in [6, 6.07) is 0. The first-order chi connectivity index (χ1) is 7.60. The van der Waals surface area contributed by atoms with Crippen LogP contribution in [-0.2, 0) is 10.6 Å². The number of hydrogen-bond acceptors (Lipinski definition) is 4. The molecule has 1 aliphatic rings. The van der Waals surface area contributed by atoms with E-state index in [0.717, 1.165) is 23.1 Å². The van der Waals surface area contributed by atoms with E-state index in [2.05, 4.69) is 23.7 Å². The van der Waals surface area contributed by atoms with Gasteiger partial charge < -0.3 is 9.64 Å². The van der Waals surface area contributed by atoms with E-state index < -0.39 is 0 Å². The van der Waals surface area contributed by atoms with Crippen molar-refractivity contribution >= 4 is 39.7 Å². The highest BCUT2D eigenvalue weighted by molar-refractivity contribution is 7.16. The largest absolute Gasteiger partial charge is 0.372 e. The van der Waals surface area contributed by atoms with Gasteiger partial charge in [-0.05, 0) is 13.8 Å². The normalized spacial score (nSPS) is 26.1. The summed E-state index contributed by atoms with van der Waals surface area (Å²) in [6.45, 7) is 5.85. The molecule has 2 heterocycles. The third-order valence-corrected chi connectivity index (χ3v) is 4.42. The molecule has 0 spiro atoms. The minimum atomic E-state index is 0.228. The van der Waals surface area contributed by atoms with Crippen LogP contribution in [0.4, 0.5) is 5.13 Å². The second-order valence-corrected chi connectivity index (χ2v) is 5.69. The zero-order valence-electron chi connectivity index (χ0n) is 9.24. The van der Waals surface area contributed by atoms with Gasteiger partial charge in [0.2, 0.25) is 0 Å². The molecule has 0 N–H and O–H groups in total. The Morgan fingerprint density at radius 1 is 1.44 bits per heavy atom. The quantitative estimate of drug-likeness (QED) is 0.779. The van der Waals surface area contributed by atoms with Gasteiger partial charge in [-0.2, -0.15) is 0 Å². The second kappa shape index (κ2) is 5.08. The highest BCUT2D eigenvalue weighted by atomic mass is 35.5. The number of alkyl halides is 1. The Kier molecular flexibility index (Phi) is 3.95. The molecule has 1 aromatic heterocycles. The molecule has 0 aromatic carbocycles. The number of rotatable bonds is 2. The van der Waals surface area contributed by atoms with Gasteiger partial charge in [-0.3, -0.25) is 0 Å². The molecule has 1 fully saturated rings. The van der Waals surface area contributed by atoms with Gasteiger partial charge in [0, 0.05) is 13.1 Å². The van der Waals surface area contributed by atoms with Crippen molar-refractivity contribution in [2.75, 3.05) is 18.0 Å². The Labute approximate surface area is 109 Å². The standard InChI is InChI=1S/C10H14Cl2N2OS/c1-6-4-14(5-7(2)15-6)10-13-9(12)8(3-11)16-10/h6-7H,3-5H2,1-2H3/t6-,7+. The molecule has 0 bridgehead atoms. The summed E-state index contributed by atoms with van der Waals surface area (Å²) in [6.07, 6.45) is 0.455. The van der Waals surface area contributed by atoms with Gasteiger partial charge >= 0.3 is 0 Å². The van der Waals surface area contributed by atoms with E-state index in [9.17, 15) is 0 Å². The Balaban J connectivity index is 2.16. The van der Waals surface area contributed by atoms with Crippen LogP contribution in [0.15, 0.2) is 0 Å². The minimum Gasteiger partial charge on any atom is -0.372 e. The third kappa shape index (κ3) is 2.62. The van der Waals surface area contributed by atoms with Crippen LogP contribution >= 0.6 is 34.5 Å². The predicted molar refractivity (Wildman–Crippen MR) is 68.9 cm³/mol. The molecule has 6 heteroatoms. The maximum atomic E-state index is 5.99.